The van der Waals surface area contributed by atoms with Crippen LogP contribution in [0.25, 0.3) is 0 Å². The quantitative estimate of drug-likeness (QED) is 0.815. The molecule has 1 aliphatic rings. The van der Waals surface area contributed by atoms with Crippen LogP contribution in [0.4, 0.5) is 4.39 Å². The molecule has 20 heavy (non-hydrogen) atoms. The summed E-state index contributed by atoms with van der Waals surface area (Å²) in [6, 6.07) is 4.56. The maximum absolute atomic E-state index is 13.4. The zero-order valence-electron chi connectivity index (χ0n) is 11.7. The number of ether oxygens (including phenoxy) is 1. The van der Waals surface area contributed by atoms with Crippen molar-refractivity contribution in [3.8, 4) is 0 Å². The first-order chi connectivity index (χ1) is 9.63. The summed E-state index contributed by atoms with van der Waals surface area (Å²) >= 11 is 5.90. The Morgan fingerprint density at radius 2 is 2.10 bits per heavy atom. The summed E-state index contributed by atoms with van der Waals surface area (Å²) in [5, 5.41) is 0.0411. The molecular formula is C16H20ClFO2. The Hall–Kier alpha value is -0.930. The van der Waals surface area contributed by atoms with Crippen LogP contribution >= 0.6 is 11.6 Å². The molecule has 4 heteroatoms. The van der Waals surface area contributed by atoms with Crippen molar-refractivity contribution in [1.82, 2.24) is 0 Å². The van der Waals surface area contributed by atoms with Crippen LogP contribution in [0, 0.1) is 11.7 Å². The normalized spacial score (nSPS) is 17.9. The average molecular weight is 299 g/mol. The molecule has 0 amide bonds. The summed E-state index contributed by atoms with van der Waals surface area (Å²) in [6.07, 6.45) is 5.33. The fourth-order valence-corrected chi connectivity index (χ4v) is 3.19. The number of methoxy groups -OCH3 is 1. The van der Waals surface area contributed by atoms with Gasteiger partial charge in [0.25, 0.3) is 0 Å². The molecule has 1 aliphatic carbocycles. The smallest absolute Gasteiger partial charge is 0.166 e. The number of halogens is 2. The zero-order chi connectivity index (χ0) is 14.5. The standard InChI is InChI=1S/C16H20ClFO2/c1-20-16(11-6-3-2-4-7-11)14(19)10-12-8-5-9-13(18)15(12)17/h5,8-9,11,16H,2-4,6-7,10H2,1H3. The van der Waals surface area contributed by atoms with Gasteiger partial charge in [-0.25, -0.2) is 4.39 Å². The molecule has 0 N–H and O–H groups in total. The van der Waals surface area contributed by atoms with Crippen LogP contribution in [0.15, 0.2) is 18.2 Å². The van der Waals surface area contributed by atoms with Crippen molar-refractivity contribution in [1.29, 1.82) is 0 Å². The lowest BCUT2D eigenvalue weighted by Crippen LogP contribution is -2.34. The van der Waals surface area contributed by atoms with Crippen molar-refractivity contribution in [2.75, 3.05) is 7.11 Å². The molecule has 110 valence electrons. The van der Waals surface area contributed by atoms with Gasteiger partial charge in [-0.2, -0.15) is 0 Å². The number of carbonyl (C=O) groups is 1. The molecule has 0 radical (unpaired) electrons. The molecule has 1 atom stereocenters. The van der Waals surface area contributed by atoms with Crippen molar-refractivity contribution in [3.05, 3.63) is 34.6 Å². The van der Waals surface area contributed by atoms with E-state index in [1.54, 1.807) is 19.2 Å². The van der Waals surface area contributed by atoms with E-state index in [1.807, 2.05) is 0 Å². The first kappa shape index (κ1) is 15.5. The van der Waals surface area contributed by atoms with Gasteiger partial charge in [0.05, 0.1) is 5.02 Å². The maximum Gasteiger partial charge on any atom is 0.166 e. The van der Waals surface area contributed by atoms with Gasteiger partial charge in [-0.15, -0.1) is 0 Å². The third-order valence-electron chi connectivity index (χ3n) is 4.05. The summed E-state index contributed by atoms with van der Waals surface area (Å²) < 4.78 is 18.8. The van der Waals surface area contributed by atoms with Crippen molar-refractivity contribution in [2.24, 2.45) is 5.92 Å². The molecule has 1 saturated carbocycles. The molecule has 0 aliphatic heterocycles. The molecular weight excluding hydrogens is 279 g/mol. The van der Waals surface area contributed by atoms with Crippen molar-refractivity contribution >= 4 is 17.4 Å². The molecule has 2 rings (SSSR count). The number of hydrogen-bond acceptors (Lipinski definition) is 2. The van der Waals surface area contributed by atoms with Gasteiger partial charge in [0.1, 0.15) is 11.9 Å². The Balaban J connectivity index is 2.07. The molecule has 1 fully saturated rings. The molecule has 1 unspecified atom stereocenters. The summed E-state index contributed by atoms with van der Waals surface area (Å²) in [5.74, 6) is -0.205. The molecule has 0 aromatic heterocycles. The van der Waals surface area contributed by atoms with Crippen molar-refractivity contribution in [3.63, 3.8) is 0 Å². The maximum atomic E-state index is 13.4. The van der Waals surface area contributed by atoms with E-state index in [4.69, 9.17) is 16.3 Å². The molecule has 2 nitrogen and oxygen atoms in total. The highest BCUT2D eigenvalue weighted by molar-refractivity contribution is 6.31. The van der Waals surface area contributed by atoms with E-state index in [-0.39, 0.29) is 23.1 Å². The van der Waals surface area contributed by atoms with Crippen LogP contribution in [0.5, 0.6) is 0 Å². The minimum Gasteiger partial charge on any atom is -0.373 e. The Labute approximate surface area is 124 Å². The van der Waals surface area contributed by atoms with Gasteiger partial charge in [-0.1, -0.05) is 43.0 Å². The van der Waals surface area contributed by atoms with Crippen LogP contribution in [0.1, 0.15) is 37.7 Å². The number of rotatable bonds is 5. The summed E-state index contributed by atoms with van der Waals surface area (Å²) in [4.78, 5) is 12.4. The predicted molar refractivity (Wildman–Crippen MR) is 77.5 cm³/mol. The Kier molecular flexibility index (Phi) is 5.55. The second-order valence-electron chi connectivity index (χ2n) is 5.41. The summed E-state index contributed by atoms with van der Waals surface area (Å²) in [7, 11) is 1.57. The minimum atomic E-state index is -0.483. The van der Waals surface area contributed by atoms with Crippen LogP contribution in [0.2, 0.25) is 5.02 Å². The van der Waals surface area contributed by atoms with Gasteiger partial charge < -0.3 is 4.74 Å². The Bertz CT molecular complexity index is 470. The number of carbonyl (C=O) groups excluding carboxylic acids is 1. The summed E-state index contributed by atoms with van der Waals surface area (Å²) in [5.41, 5.74) is 0.537. The fourth-order valence-electron chi connectivity index (χ4n) is 3.00. The van der Waals surface area contributed by atoms with Crippen molar-refractivity contribution < 1.29 is 13.9 Å². The minimum absolute atomic E-state index is 0.00750. The third kappa shape index (κ3) is 3.58. The highest BCUT2D eigenvalue weighted by atomic mass is 35.5. The zero-order valence-corrected chi connectivity index (χ0v) is 12.5. The van der Waals surface area contributed by atoms with E-state index in [9.17, 15) is 9.18 Å². The van der Waals surface area contributed by atoms with Gasteiger partial charge in [-0.05, 0) is 30.4 Å². The third-order valence-corrected chi connectivity index (χ3v) is 4.47. The lowest BCUT2D eigenvalue weighted by molar-refractivity contribution is -0.132. The Morgan fingerprint density at radius 1 is 1.40 bits per heavy atom. The fraction of sp³-hybridized carbons (Fsp3) is 0.562. The first-order valence-electron chi connectivity index (χ1n) is 7.12. The van der Waals surface area contributed by atoms with Gasteiger partial charge in [0, 0.05) is 13.5 Å². The molecule has 1 aromatic carbocycles. The summed E-state index contributed by atoms with van der Waals surface area (Å²) in [6.45, 7) is 0. The van der Waals surface area contributed by atoms with Crippen LogP contribution in [-0.2, 0) is 16.0 Å². The van der Waals surface area contributed by atoms with E-state index >= 15 is 0 Å². The number of benzene rings is 1. The van der Waals surface area contributed by atoms with Crippen LogP contribution in [0.3, 0.4) is 0 Å². The van der Waals surface area contributed by atoms with E-state index in [2.05, 4.69) is 0 Å². The average Bonchev–Trinajstić information content (AvgIpc) is 2.46. The second kappa shape index (κ2) is 7.19. The largest absolute Gasteiger partial charge is 0.373 e. The number of hydrogen-bond donors (Lipinski definition) is 0. The first-order valence-corrected chi connectivity index (χ1v) is 7.49. The lowest BCUT2D eigenvalue weighted by atomic mass is 9.82. The molecule has 0 spiro atoms. The highest BCUT2D eigenvalue weighted by Crippen LogP contribution is 2.29. The Morgan fingerprint density at radius 3 is 2.75 bits per heavy atom. The van der Waals surface area contributed by atoms with E-state index in [0.29, 0.717) is 5.56 Å². The predicted octanol–water partition coefficient (Wildman–Crippen LogP) is 4.19. The van der Waals surface area contributed by atoms with Gasteiger partial charge >= 0.3 is 0 Å². The van der Waals surface area contributed by atoms with Gasteiger partial charge in [0.2, 0.25) is 0 Å². The monoisotopic (exact) mass is 298 g/mol. The highest BCUT2D eigenvalue weighted by Gasteiger charge is 2.29. The van der Waals surface area contributed by atoms with Gasteiger partial charge in [-0.3, -0.25) is 4.79 Å². The van der Waals surface area contributed by atoms with Crippen molar-refractivity contribution in [2.45, 2.75) is 44.6 Å². The SMILES string of the molecule is COC(C(=O)Cc1cccc(F)c1Cl)C1CCCCC1. The second-order valence-corrected chi connectivity index (χ2v) is 5.79. The lowest BCUT2D eigenvalue weighted by Gasteiger charge is -2.28. The molecule has 1 aromatic rings. The topological polar surface area (TPSA) is 26.3 Å². The number of Topliss-reactive ketones (excluding diaryl/α,β-unsaturated/α-hetero) is 1. The molecule has 0 heterocycles. The number of ketones is 1. The van der Waals surface area contributed by atoms with E-state index in [1.165, 1.54) is 12.5 Å². The van der Waals surface area contributed by atoms with Crippen LogP contribution < -0.4 is 0 Å². The van der Waals surface area contributed by atoms with E-state index < -0.39 is 11.9 Å². The molecule has 0 saturated heterocycles. The van der Waals surface area contributed by atoms with E-state index in [0.717, 1.165) is 25.7 Å². The molecule has 0 bridgehead atoms. The van der Waals surface area contributed by atoms with Crippen LogP contribution in [-0.4, -0.2) is 19.0 Å². The van der Waals surface area contributed by atoms with Gasteiger partial charge in [0.15, 0.2) is 5.78 Å².